The molecule has 3 aliphatic rings. The highest BCUT2D eigenvalue weighted by atomic mass is 32.2. The van der Waals surface area contributed by atoms with Crippen molar-refractivity contribution < 1.29 is 31.8 Å². The Bertz CT molecular complexity index is 1630. The molecule has 3 aromatic rings. The predicted molar refractivity (Wildman–Crippen MR) is 150 cm³/mol. The number of hydrogen-bond acceptors (Lipinski definition) is 7. The summed E-state index contributed by atoms with van der Waals surface area (Å²) in [7, 11) is 0. The lowest BCUT2D eigenvalue weighted by Gasteiger charge is -2.46. The van der Waals surface area contributed by atoms with Crippen LogP contribution in [0.25, 0.3) is 22.0 Å². The highest BCUT2D eigenvalue weighted by Crippen LogP contribution is 2.51. The number of alkyl halides is 3. The molecule has 42 heavy (non-hydrogen) atoms. The third-order valence-corrected chi connectivity index (χ3v) is 9.78. The SMILES string of the molecule is C=CC(O)N1[C@H](C)CN(c2nc(=O)n3c4c(c(-c5ccc(F)cc5F)c(C(F)(F)F)cc24)SCC2(COC2)C3)C[C@@H]1C. The van der Waals surface area contributed by atoms with Crippen LogP contribution < -0.4 is 10.6 Å². The van der Waals surface area contributed by atoms with Gasteiger partial charge in [-0.25, -0.2) is 13.6 Å². The van der Waals surface area contributed by atoms with E-state index >= 15 is 4.39 Å². The van der Waals surface area contributed by atoms with Crippen LogP contribution in [0.1, 0.15) is 19.4 Å². The average molecular weight is 609 g/mol. The van der Waals surface area contributed by atoms with Crippen molar-refractivity contribution in [3.63, 3.8) is 0 Å². The van der Waals surface area contributed by atoms with Gasteiger partial charge >= 0.3 is 11.9 Å². The van der Waals surface area contributed by atoms with Crippen LogP contribution in [0, 0.1) is 17.0 Å². The zero-order chi connectivity index (χ0) is 30.1. The fourth-order valence-corrected chi connectivity index (χ4v) is 7.86. The van der Waals surface area contributed by atoms with Crippen molar-refractivity contribution >= 4 is 28.5 Å². The molecule has 1 unspecified atom stereocenters. The number of aliphatic hydroxyl groups excluding tert-OH is 1. The third-order valence-electron chi connectivity index (χ3n) is 8.34. The number of hydrogen-bond donors (Lipinski definition) is 1. The Hall–Kier alpha value is -3.00. The van der Waals surface area contributed by atoms with E-state index in [1.807, 2.05) is 18.7 Å². The second-order valence-corrected chi connectivity index (χ2v) is 12.4. The van der Waals surface area contributed by atoms with E-state index in [1.54, 1.807) is 4.90 Å². The molecule has 0 radical (unpaired) electrons. The first kappa shape index (κ1) is 29.1. The summed E-state index contributed by atoms with van der Waals surface area (Å²) in [5.41, 5.74) is -2.83. The van der Waals surface area contributed by atoms with Gasteiger partial charge in [-0.2, -0.15) is 18.2 Å². The summed E-state index contributed by atoms with van der Waals surface area (Å²) < 4.78 is 80.3. The van der Waals surface area contributed by atoms with Gasteiger partial charge in [-0.3, -0.25) is 9.47 Å². The standard InChI is InChI=1S/C29H29F5N4O3S/c1-4-22(39)38-15(2)9-36(10-16(38)3)26-19-8-20(29(32,33)34)23(18-6-5-17(30)7-21(18)31)25-24(19)37(27(40)35-26)11-28(14-42-25)12-41-13-28/h4-8,15-16,22,39H,1,9-14H2,2-3H3/t15-,16+,22?. The molecule has 4 heterocycles. The number of thioether (sulfide) groups is 1. The smallest absolute Gasteiger partial charge is 0.380 e. The van der Waals surface area contributed by atoms with Crippen LogP contribution in [0.15, 0.2) is 46.6 Å². The van der Waals surface area contributed by atoms with E-state index in [-0.39, 0.29) is 53.3 Å². The monoisotopic (exact) mass is 608 g/mol. The Morgan fingerprint density at radius 2 is 1.88 bits per heavy atom. The van der Waals surface area contributed by atoms with Crippen molar-refractivity contribution in [2.75, 3.05) is 37.0 Å². The molecule has 0 amide bonds. The van der Waals surface area contributed by atoms with Gasteiger partial charge in [0.2, 0.25) is 0 Å². The summed E-state index contributed by atoms with van der Waals surface area (Å²) in [6.07, 6.45) is -4.42. The molecule has 1 N–H and O–H groups in total. The van der Waals surface area contributed by atoms with Crippen molar-refractivity contribution in [3.05, 3.63) is 64.6 Å². The average Bonchev–Trinajstić information content (AvgIpc) is 3.08. The first-order valence-electron chi connectivity index (χ1n) is 13.5. The zero-order valence-electron chi connectivity index (χ0n) is 22.9. The maximum absolute atomic E-state index is 15.2. The minimum atomic E-state index is -4.91. The summed E-state index contributed by atoms with van der Waals surface area (Å²) in [4.78, 5) is 21.7. The van der Waals surface area contributed by atoms with Crippen LogP contribution in [-0.2, 0) is 17.5 Å². The first-order chi connectivity index (χ1) is 19.8. The van der Waals surface area contributed by atoms with Crippen molar-refractivity contribution in [1.82, 2.24) is 14.5 Å². The van der Waals surface area contributed by atoms with Gasteiger partial charge in [0, 0.05) is 70.4 Å². The lowest BCUT2D eigenvalue weighted by Crippen LogP contribution is -2.60. The van der Waals surface area contributed by atoms with Gasteiger partial charge in [0.25, 0.3) is 0 Å². The molecule has 1 spiro atoms. The van der Waals surface area contributed by atoms with Gasteiger partial charge in [0.15, 0.2) is 0 Å². The van der Waals surface area contributed by atoms with E-state index in [0.717, 1.165) is 30.0 Å². The summed E-state index contributed by atoms with van der Waals surface area (Å²) >= 11 is 1.12. The van der Waals surface area contributed by atoms with Crippen LogP contribution in [0.4, 0.5) is 27.8 Å². The lowest BCUT2D eigenvalue weighted by atomic mass is 9.88. The molecule has 7 nitrogen and oxygen atoms in total. The van der Waals surface area contributed by atoms with Crippen molar-refractivity contribution in [2.45, 2.75) is 49.8 Å². The Labute approximate surface area is 242 Å². The Kier molecular flexibility index (Phi) is 7.15. The van der Waals surface area contributed by atoms with Gasteiger partial charge in [0.1, 0.15) is 23.7 Å². The molecular weight excluding hydrogens is 579 g/mol. The summed E-state index contributed by atoms with van der Waals surface area (Å²) in [6, 6.07) is 2.91. The molecule has 2 aromatic carbocycles. The molecule has 2 saturated heterocycles. The number of anilines is 1. The number of aromatic nitrogens is 2. The normalized spacial score (nSPS) is 23.1. The highest BCUT2D eigenvalue weighted by Gasteiger charge is 2.45. The number of halogens is 5. The quantitative estimate of drug-likeness (QED) is 0.334. The fourth-order valence-electron chi connectivity index (χ4n) is 6.43. The predicted octanol–water partition coefficient (Wildman–Crippen LogP) is 4.89. The number of piperazine rings is 1. The second-order valence-electron chi connectivity index (χ2n) is 11.4. The largest absolute Gasteiger partial charge is 0.417 e. The molecule has 2 fully saturated rings. The van der Waals surface area contributed by atoms with Gasteiger partial charge in [0.05, 0.1) is 24.3 Å². The van der Waals surface area contributed by atoms with E-state index in [2.05, 4.69) is 11.6 Å². The molecule has 6 rings (SSSR count). The maximum atomic E-state index is 15.2. The summed E-state index contributed by atoms with van der Waals surface area (Å²) in [5, 5.41) is 10.6. The van der Waals surface area contributed by atoms with Crippen LogP contribution in [0.2, 0.25) is 0 Å². The van der Waals surface area contributed by atoms with Crippen molar-refractivity contribution in [2.24, 2.45) is 5.41 Å². The number of benzene rings is 2. The van der Waals surface area contributed by atoms with Crippen LogP contribution in [-0.4, -0.2) is 69.9 Å². The Morgan fingerprint density at radius 1 is 1.19 bits per heavy atom. The minimum absolute atomic E-state index is 0.0941. The first-order valence-corrected chi connectivity index (χ1v) is 14.5. The van der Waals surface area contributed by atoms with Gasteiger partial charge in [-0.1, -0.05) is 6.58 Å². The van der Waals surface area contributed by atoms with E-state index in [1.165, 1.54) is 10.6 Å². The Balaban J connectivity index is 1.64. The van der Waals surface area contributed by atoms with Crippen LogP contribution in [0.5, 0.6) is 0 Å². The van der Waals surface area contributed by atoms with E-state index < -0.39 is 51.8 Å². The molecule has 224 valence electrons. The molecule has 3 aliphatic heterocycles. The van der Waals surface area contributed by atoms with Crippen LogP contribution >= 0.6 is 11.8 Å². The summed E-state index contributed by atoms with van der Waals surface area (Å²) in [5.74, 6) is -1.62. The van der Waals surface area contributed by atoms with E-state index in [4.69, 9.17) is 4.74 Å². The van der Waals surface area contributed by atoms with Crippen molar-refractivity contribution in [1.29, 1.82) is 0 Å². The second kappa shape index (κ2) is 10.3. The number of nitrogens with zero attached hydrogens (tertiary/aromatic N) is 4. The fraction of sp³-hybridized carbons (Fsp3) is 0.448. The number of ether oxygens (including phenoxy) is 1. The lowest BCUT2D eigenvalue weighted by molar-refractivity contribution is -0.137. The topological polar surface area (TPSA) is 70.8 Å². The summed E-state index contributed by atoms with van der Waals surface area (Å²) in [6.45, 7) is 8.75. The van der Waals surface area contributed by atoms with E-state index in [9.17, 15) is 27.5 Å². The maximum Gasteiger partial charge on any atom is 0.417 e. The van der Waals surface area contributed by atoms with Gasteiger partial charge in [-0.05, 0) is 38.1 Å². The van der Waals surface area contributed by atoms with Crippen molar-refractivity contribution in [3.8, 4) is 11.1 Å². The molecule has 0 saturated carbocycles. The number of rotatable bonds is 4. The third kappa shape index (κ3) is 4.70. The Morgan fingerprint density at radius 3 is 2.45 bits per heavy atom. The highest BCUT2D eigenvalue weighted by molar-refractivity contribution is 7.99. The molecule has 13 heteroatoms. The minimum Gasteiger partial charge on any atom is -0.380 e. The molecule has 0 aliphatic carbocycles. The van der Waals surface area contributed by atoms with Gasteiger partial charge < -0.3 is 14.7 Å². The zero-order valence-corrected chi connectivity index (χ0v) is 23.7. The molecular formula is C29H29F5N4O3S. The van der Waals surface area contributed by atoms with Crippen LogP contribution in [0.3, 0.4) is 0 Å². The van der Waals surface area contributed by atoms with E-state index in [0.29, 0.717) is 25.0 Å². The number of aliphatic hydroxyl groups is 1. The van der Waals surface area contributed by atoms with Gasteiger partial charge in [-0.15, -0.1) is 11.8 Å². The molecule has 3 atom stereocenters. The molecule has 0 bridgehead atoms. The molecule has 1 aromatic heterocycles.